The summed E-state index contributed by atoms with van der Waals surface area (Å²) in [5, 5.41) is 12.2. The van der Waals surface area contributed by atoms with Crippen LogP contribution in [-0.4, -0.2) is 61.3 Å². The van der Waals surface area contributed by atoms with E-state index < -0.39 is 6.36 Å². The predicted molar refractivity (Wildman–Crippen MR) is 142 cm³/mol. The third kappa shape index (κ3) is 5.81. The summed E-state index contributed by atoms with van der Waals surface area (Å²) in [4.78, 5) is 11.6. The van der Waals surface area contributed by atoms with Crippen LogP contribution in [0.2, 0.25) is 0 Å². The van der Waals surface area contributed by atoms with Gasteiger partial charge < -0.3 is 19.5 Å². The first-order valence-electron chi connectivity index (χ1n) is 13.4. The van der Waals surface area contributed by atoms with Crippen LogP contribution < -0.4 is 10.1 Å². The highest BCUT2D eigenvalue weighted by Gasteiger charge is 2.36. The molecule has 0 aliphatic carbocycles. The Morgan fingerprint density at radius 2 is 1.82 bits per heavy atom. The molecular formula is C28H30F3N7O2. The molecule has 2 atom stereocenters. The van der Waals surface area contributed by atoms with Crippen molar-refractivity contribution in [2.45, 2.75) is 70.1 Å². The number of anilines is 1. The summed E-state index contributed by atoms with van der Waals surface area (Å²) in [6.45, 7) is 2.46. The number of hydrogen-bond acceptors (Lipinski definition) is 8. The van der Waals surface area contributed by atoms with Gasteiger partial charge in [0, 0.05) is 35.6 Å². The van der Waals surface area contributed by atoms with Crippen LogP contribution in [0.15, 0.2) is 53.2 Å². The zero-order valence-corrected chi connectivity index (χ0v) is 22.2. The van der Waals surface area contributed by atoms with E-state index in [1.54, 1.807) is 0 Å². The van der Waals surface area contributed by atoms with Gasteiger partial charge in [0.1, 0.15) is 11.6 Å². The summed E-state index contributed by atoms with van der Waals surface area (Å²) in [6.07, 6.45) is 3.32. The van der Waals surface area contributed by atoms with E-state index in [0.29, 0.717) is 35.9 Å². The smallest absolute Gasteiger partial charge is 0.406 e. The van der Waals surface area contributed by atoms with Crippen molar-refractivity contribution in [3.8, 4) is 28.7 Å². The minimum Gasteiger partial charge on any atom is -0.406 e. The highest BCUT2D eigenvalue weighted by atomic mass is 19.4. The number of benzene rings is 1. The van der Waals surface area contributed by atoms with Gasteiger partial charge in [0.15, 0.2) is 5.69 Å². The van der Waals surface area contributed by atoms with Gasteiger partial charge in [0.05, 0.1) is 6.54 Å². The second-order valence-corrected chi connectivity index (χ2v) is 10.6. The number of alkyl halides is 3. The average Bonchev–Trinajstić information content (AvgIpc) is 3.53. The number of nitrogens with one attached hydrogen (secondary N) is 1. The van der Waals surface area contributed by atoms with Crippen molar-refractivity contribution in [3.63, 3.8) is 0 Å². The molecule has 3 aromatic heterocycles. The Hall–Kier alpha value is -3.93. The van der Waals surface area contributed by atoms with Gasteiger partial charge in [-0.3, -0.25) is 4.68 Å². The first-order chi connectivity index (χ1) is 19.2. The van der Waals surface area contributed by atoms with Gasteiger partial charge in [0.2, 0.25) is 5.82 Å². The summed E-state index contributed by atoms with van der Waals surface area (Å²) in [5.74, 6) is 1.02. The Morgan fingerprint density at radius 3 is 2.50 bits per heavy atom. The van der Waals surface area contributed by atoms with E-state index in [1.165, 1.54) is 43.5 Å². The zero-order chi connectivity index (χ0) is 27.9. The largest absolute Gasteiger partial charge is 0.573 e. The number of pyridine rings is 1. The van der Waals surface area contributed by atoms with E-state index >= 15 is 0 Å². The maximum absolute atomic E-state index is 12.4. The fourth-order valence-corrected chi connectivity index (χ4v) is 5.74. The minimum absolute atomic E-state index is 0.216. The molecule has 0 radical (unpaired) electrons. The van der Waals surface area contributed by atoms with Crippen LogP contribution in [0.4, 0.5) is 19.0 Å². The molecule has 1 aromatic carbocycles. The van der Waals surface area contributed by atoms with E-state index in [1.807, 2.05) is 29.9 Å². The van der Waals surface area contributed by atoms with Gasteiger partial charge in [-0.1, -0.05) is 17.6 Å². The van der Waals surface area contributed by atoms with Gasteiger partial charge in [0.25, 0.3) is 5.89 Å². The van der Waals surface area contributed by atoms with Gasteiger partial charge in [-0.05, 0) is 81.6 Å². The monoisotopic (exact) mass is 553 g/mol. The van der Waals surface area contributed by atoms with Crippen molar-refractivity contribution in [2.24, 2.45) is 0 Å². The summed E-state index contributed by atoms with van der Waals surface area (Å²) in [5.41, 5.74) is 2.91. The molecule has 0 spiro atoms. The summed E-state index contributed by atoms with van der Waals surface area (Å²) < 4.78 is 48.3. The Morgan fingerprint density at radius 1 is 1.07 bits per heavy atom. The maximum atomic E-state index is 12.4. The molecule has 210 valence electrons. The zero-order valence-electron chi connectivity index (χ0n) is 22.2. The number of rotatable bonds is 7. The van der Waals surface area contributed by atoms with Crippen LogP contribution in [-0.2, 0) is 6.54 Å². The molecule has 2 bridgehead atoms. The molecule has 2 unspecified atom stereocenters. The van der Waals surface area contributed by atoms with E-state index in [9.17, 15) is 13.2 Å². The number of fused-ring (bicyclic) bond motifs is 2. The topological polar surface area (TPSA) is 94.1 Å². The number of aryl methyl sites for hydroxylation is 1. The third-order valence-corrected chi connectivity index (χ3v) is 7.82. The van der Waals surface area contributed by atoms with Crippen molar-refractivity contribution in [2.75, 3.05) is 12.4 Å². The lowest BCUT2D eigenvalue weighted by Crippen LogP contribution is -2.52. The molecular weight excluding hydrogens is 523 g/mol. The highest BCUT2D eigenvalue weighted by Crippen LogP contribution is 2.34. The number of piperidine rings is 2. The Kier molecular flexibility index (Phi) is 6.95. The lowest BCUT2D eigenvalue weighted by atomic mass is 9.82. The standard InChI is InChI=1S/C28H30F3N7O2/c1-17-12-24(27-34-26(36-40-27)19-7-9-23(10-8-19)39-28(29,30)31)35-38(17)16-18-6-11-25(32-15-18)33-20-13-21-4-3-5-22(14-20)37(21)2/h6-12,15,20-22H,3-5,13-14,16H2,1-2H3,(H,32,33). The van der Waals surface area contributed by atoms with E-state index in [-0.39, 0.29) is 17.5 Å². The molecule has 12 heteroatoms. The van der Waals surface area contributed by atoms with Gasteiger partial charge in [-0.2, -0.15) is 10.1 Å². The van der Waals surface area contributed by atoms with Crippen molar-refractivity contribution >= 4 is 5.82 Å². The maximum Gasteiger partial charge on any atom is 0.573 e. The van der Waals surface area contributed by atoms with E-state index in [4.69, 9.17) is 4.52 Å². The second-order valence-electron chi connectivity index (χ2n) is 10.6. The molecule has 2 fully saturated rings. The highest BCUT2D eigenvalue weighted by molar-refractivity contribution is 5.59. The van der Waals surface area contributed by atoms with Crippen molar-refractivity contribution in [3.05, 3.63) is 59.9 Å². The number of aromatic nitrogens is 5. The molecule has 40 heavy (non-hydrogen) atoms. The van der Waals surface area contributed by atoms with Gasteiger partial charge in [-0.15, -0.1) is 13.2 Å². The Balaban J connectivity index is 1.09. The molecule has 6 rings (SSSR count). The molecule has 0 amide bonds. The van der Waals surface area contributed by atoms with Crippen molar-refractivity contribution < 1.29 is 22.4 Å². The SMILES string of the molecule is Cc1cc(-c2nc(-c3ccc(OC(F)(F)F)cc3)no2)nn1Cc1ccc(NC2CC3CCCC(C2)N3C)nc1. The number of ether oxygens (including phenoxy) is 1. The second kappa shape index (κ2) is 10.6. The van der Waals surface area contributed by atoms with Crippen LogP contribution in [0.1, 0.15) is 43.4 Å². The van der Waals surface area contributed by atoms with Gasteiger partial charge >= 0.3 is 6.36 Å². The third-order valence-electron chi connectivity index (χ3n) is 7.82. The molecule has 0 saturated carbocycles. The quantitative estimate of drug-likeness (QED) is 0.313. The van der Waals surface area contributed by atoms with Crippen LogP contribution >= 0.6 is 0 Å². The fraction of sp³-hybridized carbons (Fsp3) is 0.429. The van der Waals surface area contributed by atoms with E-state index in [2.05, 4.69) is 48.3 Å². The predicted octanol–water partition coefficient (Wildman–Crippen LogP) is 5.68. The average molecular weight is 554 g/mol. The molecule has 4 aromatic rings. The molecule has 2 saturated heterocycles. The Bertz CT molecular complexity index is 1440. The summed E-state index contributed by atoms with van der Waals surface area (Å²) in [6, 6.07) is 13.0. The Labute approximate surface area is 229 Å². The van der Waals surface area contributed by atoms with Crippen LogP contribution in [0.5, 0.6) is 5.75 Å². The summed E-state index contributed by atoms with van der Waals surface area (Å²) >= 11 is 0. The number of hydrogen-bond donors (Lipinski definition) is 1. The van der Waals surface area contributed by atoms with Crippen LogP contribution in [0.25, 0.3) is 23.0 Å². The number of halogens is 3. The van der Waals surface area contributed by atoms with E-state index in [0.717, 1.165) is 29.9 Å². The lowest BCUT2D eigenvalue weighted by molar-refractivity contribution is -0.274. The first kappa shape index (κ1) is 26.3. The molecule has 2 aliphatic heterocycles. The minimum atomic E-state index is -4.75. The van der Waals surface area contributed by atoms with Crippen molar-refractivity contribution in [1.82, 2.24) is 29.8 Å². The number of nitrogens with zero attached hydrogens (tertiary/aromatic N) is 6. The molecule has 9 nitrogen and oxygen atoms in total. The molecule has 1 N–H and O–H groups in total. The normalized spacial score (nSPS) is 21.4. The first-order valence-corrected chi connectivity index (χ1v) is 13.4. The molecule has 5 heterocycles. The lowest BCUT2D eigenvalue weighted by Gasteiger charge is -2.47. The fourth-order valence-electron chi connectivity index (χ4n) is 5.74. The van der Waals surface area contributed by atoms with Crippen LogP contribution in [0.3, 0.4) is 0 Å². The molecule has 2 aliphatic rings. The van der Waals surface area contributed by atoms with Gasteiger partial charge in [-0.25, -0.2) is 4.98 Å². The van der Waals surface area contributed by atoms with Crippen LogP contribution in [0, 0.1) is 6.92 Å². The summed E-state index contributed by atoms with van der Waals surface area (Å²) in [7, 11) is 2.26. The van der Waals surface area contributed by atoms with Crippen molar-refractivity contribution in [1.29, 1.82) is 0 Å².